The number of rotatable bonds is 5. The van der Waals surface area contributed by atoms with Gasteiger partial charge >= 0.3 is 0 Å². The lowest BCUT2D eigenvalue weighted by Gasteiger charge is -2.27. The Morgan fingerprint density at radius 3 is 2.67 bits per heavy atom. The summed E-state index contributed by atoms with van der Waals surface area (Å²) >= 11 is 3.46. The van der Waals surface area contributed by atoms with E-state index in [1.165, 1.54) is 0 Å². The monoisotopic (exact) mass is 275 g/mol. The molecule has 0 aliphatic rings. The molecule has 86 valence electrons. The Balaban J connectivity index is 2.77. The van der Waals surface area contributed by atoms with Crippen LogP contribution in [0.15, 0.2) is 21.2 Å². The fourth-order valence-corrected chi connectivity index (χ4v) is 1.93. The van der Waals surface area contributed by atoms with Crippen LogP contribution in [-0.4, -0.2) is 19.8 Å². The van der Waals surface area contributed by atoms with Crippen LogP contribution < -0.4 is 5.32 Å². The highest BCUT2D eigenvalue weighted by Crippen LogP contribution is 2.30. The largest absolute Gasteiger partial charge is 0.466 e. The molecule has 15 heavy (non-hydrogen) atoms. The first-order valence-electron chi connectivity index (χ1n) is 4.95. The second kappa shape index (κ2) is 5.14. The molecule has 1 N–H and O–H groups in total. The molecular formula is C11H18BrNO2. The summed E-state index contributed by atoms with van der Waals surface area (Å²) in [7, 11) is 3.65. The Bertz CT molecular complexity index is 309. The minimum atomic E-state index is -0.167. The Labute approximate surface area is 99.3 Å². The molecule has 0 radical (unpaired) electrons. The van der Waals surface area contributed by atoms with Gasteiger partial charge in [-0.05, 0) is 49.3 Å². The van der Waals surface area contributed by atoms with Gasteiger partial charge in [0, 0.05) is 7.11 Å². The third kappa shape index (κ3) is 3.33. The Morgan fingerprint density at radius 2 is 2.27 bits per heavy atom. The van der Waals surface area contributed by atoms with Crippen molar-refractivity contribution in [1.29, 1.82) is 0 Å². The van der Waals surface area contributed by atoms with Crippen molar-refractivity contribution in [2.45, 2.75) is 31.9 Å². The van der Waals surface area contributed by atoms with E-state index in [2.05, 4.69) is 35.1 Å². The lowest BCUT2D eigenvalue weighted by Crippen LogP contribution is -2.30. The lowest BCUT2D eigenvalue weighted by molar-refractivity contribution is 0.00561. The molecule has 1 unspecified atom stereocenters. The smallest absolute Gasteiger partial charge is 0.134 e. The molecule has 0 fully saturated rings. The number of nitrogens with one attached hydrogen (secondary N) is 1. The number of halogens is 1. The molecule has 4 heteroatoms. The summed E-state index contributed by atoms with van der Waals surface area (Å²) in [5, 5.41) is 3.23. The van der Waals surface area contributed by atoms with Crippen molar-refractivity contribution in [3.05, 3.63) is 22.6 Å². The molecule has 0 aliphatic heterocycles. The van der Waals surface area contributed by atoms with E-state index in [1.807, 2.05) is 13.1 Å². The van der Waals surface area contributed by atoms with Crippen LogP contribution in [0, 0.1) is 0 Å². The van der Waals surface area contributed by atoms with Crippen LogP contribution in [0.1, 0.15) is 32.1 Å². The fraction of sp³-hybridized carbons (Fsp3) is 0.636. The summed E-state index contributed by atoms with van der Waals surface area (Å²) in [6.07, 6.45) is 2.54. The third-order valence-corrected chi connectivity index (χ3v) is 3.21. The van der Waals surface area contributed by atoms with Gasteiger partial charge in [-0.3, -0.25) is 0 Å². The standard InChI is InChI=1S/C11H18BrNO2/c1-11(2,14-4)7-9(13-3)10-8(12)5-6-15-10/h5-6,9,13H,7H2,1-4H3. The molecule has 1 rings (SSSR count). The zero-order chi connectivity index (χ0) is 11.5. The van der Waals surface area contributed by atoms with Crippen LogP contribution >= 0.6 is 15.9 Å². The van der Waals surface area contributed by atoms with Crippen molar-refractivity contribution < 1.29 is 9.15 Å². The Morgan fingerprint density at radius 1 is 1.60 bits per heavy atom. The van der Waals surface area contributed by atoms with Crippen LogP contribution in [0.3, 0.4) is 0 Å². The molecule has 1 aromatic heterocycles. The molecule has 0 aromatic carbocycles. The van der Waals surface area contributed by atoms with Gasteiger partial charge in [-0.2, -0.15) is 0 Å². The van der Waals surface area contributed by atoms with Crippen molar-refractivity contribution in [2.24, 2.45) is 0 Å². The van der Waals surface area contributed by atoms with Crippen molar-refractivity contribution >= 4 is 15.9 Å². The van der Waals surface area contributed by atoms with Gasteiger partial charge in [-0.15, -0.1) is 0 Å². The van der Waals surface area contributed by atoms with Crippen molar-refractivity contribution in [2.75, 3.05) is 14.2 Å². The minimum Gasteiger partial charge on any atom is -0.466 e. The predicted molar refractivity (Wildman–Crippen MR) is 63.9 cm³/mol. The third-order valence-electron chi connectivity index (χ3n) is 2.56. The number of hydrogen-bond acceptors (Lipinski definition) is 3. The maximum atomic E-state index is 5.44. The van der Waals surface area contributed by atoms with Gasteiger partial charge in [0.05, 0.1) is 22.4 Å². The van der Waals surface area contributed by atoms with E-state index in [0.29, 0.717) is 0 Å². The highest BCUT2D eigenvalue weighted by atomic mass is 79.9. The van der Waals surface area contributed by atoms with Crippen molar-refractivity contribution in [3.63, 3.8) is 0 Å². The van der Waals surface area contributed by atoms with Crippen LogP contribution in [0.25, 0.3) is 0 Å². The topological polar surface area (TPSA) is 34.4 Å². The first-order chi connectivity index (χ1) is 7.00. The lowest BCUT2D eigenvalue weighted by atomic mass is 9.97. The molecule has 1 heterocycles. The number of furan rings is 1. The van der Waals surface area contributed by atoms with Crippen molar-refractivity contribution in [1.82, 2.24) is 5.32 Å². The van der Waals surface area contributed by atoms with Gasteiger partial charge in [-0.25, -0.2) is 0 Å². The second-order valence-electron chi connectivity index (χ2n) is 4.14. The molecular weight excluding hydrogens is 258 g/mol. The van der Waals surface area contributed by atoms with Gasteiger partial charge in [-0.1, -0.05) is 0 Å². The van der Waals surface area contributed by atoms with Crippen molar-refractivity contribution in [3.8, 4) is 0 Å². The maximum Gasteiger partial charge on any atom is 0.134 e. The summed E-state index contributed by atoms with van der Waals surface area (Å²) in [4.78, 5) is 0. The quantitative estimate of drug-likeness (QED) is 0.897. The number of ether oxygens (including phenoxy) is 1. The molecule has 0 spiro atoms. The molecule has 1 aromatic rings. The van der Waals surface area contributed by atoms with Crippen LogP contribution in [-0.2, 0) is 4.74 Å². The first-order valence-corrected chi connectivity index (χ1v) is 5.75. The number of methoxy groups -OCH3 is 1. The Kier molecular flexibility index (Phi) is 4.37. The average Bonchev–Trinajstić information content (AvgIpc) is 2.61. The average molecular weight is 276 g/mol. The highest BCUT2D eigenvalue weighted by Gasteiger charge is 2.26. The zero-order valence-corrected chi connectivity index (χ0v) is 11.2. The Hall–Kier alpha value is -0.320. The molecule has 0 saturated heterocycles. The summed E-state index contributed by atoms with van der Waals surface area (Å²) in [5.74, 6) is 0.919. The van der Waals surface area contributed by atoms with Gasteiger partial charge in [0.1, 0.15) is 5.76 Å². The predicted octanol–water partition coefficient (Wildman–Crippen LogP) is 3.12. The summed E-state index contributed by atoms with van der Waals surface area (Å²) in [5.41, 5.74) is -0.167. The van der Waals surface area contributed by atoms with Gasteiger partial charge in [0.2, 0.25) is 0 Å². The van der Waals surface area contributed by atoms with E-state index in [0.717, 1.165) is 16.7 Å². The summed E-state index contributed by atoms with van der Waals surface area (Å²) in [6, 6.07) is 2.06. The van der Waals surface area contributed by atoms with E-state index >= 15 is 0 Å². The van der Waals surface area contributed by atoms with E-state index in [-0.39, 0.29) is 11.6 Å². The van der Waals surface area contributed by atoms with Gasteiger partial charge < -0.3 is 14.5 Å². The minimum absolute atomic E-state index is 0.157. The van der Waals surface area contributed by atoms with Crippen LogP contribution in [0.5, 0.6) is 0 Å². The summed E-state index contributed by atoms with van der Waals surface area (Å²) in [6.45, 7) is 4.13. The van der Waals surface area contributed by atoms with E-state index in [1.54, 1.807) is 13.4 Å². The zero-order valence-electron chi connectivity index (χ0n) is 9.63. The van der Waals surface area contributed by atoms with Gasteiger partial charge in [0.15, 0.2) is 0 Å². The summed E-state index contributed by atoms with van der Waals surface area (Å²) < 4.78 is 11.8. The molecule has 3 nitrogen and oxygen atoms in total. The van der Waals surface area contributed by atoms with Crippen LogP contribution in [0.4, 0.5) is 0 Å². The van der Waals surface area contributed by atoms with Crippen LogP contribution in [0.2, 0.25) is 0 Å². The molecule has 0 saturated carbocycles. The molecule has 0 bridgehead atoms. The second-order valence-corrected chi connectivity index (χ2v) is 5.00. The number of hydrogen-bond donors (Lipinski definition) is 1. The van der Waals surface area contributed by atoms with E-state index < -0.39 is 0 Å². The SMILES string of the molecule is CNC(CC(C)(C)OC)c1occc1Br. The van der Waals surface area contributed by atoms with E-state index in [9.17, 15) is 0 Å². The molecule has 1 atom stereocenters. The molecule has 0 amide bonds. The highest BCUT2D eigenvalue weighted by molar-refractivity contribution is 9.10. The first kappa shape index (κ1) is 12.7. The van der Waals surface area contributed by atoms with Gasteiger partial charge in [0.25, 0.3) is 0 Å². The molecule has 0 aliphatic carbocycles. The maximum absolute atomic E-state index is 5.44. The fourth-order valence-electron chi connectivity index (χ4n) is 1.45. The normalized spacial score (nSPS) is 14.2. The van der Waals surface area contributed by atoms with E-state index in [4.69, 9.17) is 9.15 Å².